The number of methoxy groups -OCH3 is 1. The molecule has 0 saturated carbocycles. The van der Waals surface area contributed by atoms with E-state index in [1.807, 2.05) is 24.3 Å². The van der Waals surface area contributed by atoms with Gasteiger partial charge in [-0.3, -0.25) is 4.79 Å². The van der Waals surface area contributed by atoms with Crippen molar-refractivity contribution in [1.29, 1.82) is 0 Å². The third-order valence-electron chi connectivity index (χ3n) is 2.06. The van der Waals surface area contributed by atoms with Gasteiger partial charge in [-0.05, 0) is 24.6 Å². The van der Waals surface area contributed by atoms with Crippen LogP contribution in [-0.4, -0.2) is 30.0 Å². The Kier molecular flexibility index (Phi) is 5.14. The lowest BCUT2D eigenvalue weighted by Gasteiger charge is -2.06. The Bertz CT molecular complexity index is 357. The number of thioether (sulfide) groups is 1. The van der Waals surface area contributed by atoms with E-state index in [2.05, 4.69) is 0 Å². The fourth-order valence-electron chi connectivity index (χ4n) is 1.12. The van der Waals surface area contributed by atoms with Gasteiger partial charge >= 0.3 is 5.97 Å². The number of carboxylic acid groups (broad SMARTS) is 1. The molecule has 16 heavy (non-hydrogen) atoms. The maximum absolute atomic E-state index is 10.5. The Hall–Kier alpha value is -1.20. The average molecular weight is 241 g/mol. The highest BCUT2D eigenvalue weighted by Gasteiger charge is 2.10. The molecule has 0 amide bonds. The lowest BCUT2D eigenvalue weighted by molar-refractivity contribution is -0.138. The lowest BCUT2D eigenvalue weighted by atomic mass is 10.2. The van der Waals surface area contributed by atoms with Crippen molar-refractivity contribution < 1.29 is 14.6 Å². The maximum Gasteiger partial charge on any atom is 0.320 e. The molecule has 5 heteroatoms. The largest absolute Gasteiger partial charge is 0.497 e. The minimum absolute atomic E-state index is 0.456. The summed E-state index contributed by atoms with van der Waals surface area (Å²) in [5.74, 6) is 0.527. The van der Waals surface area contributed by atoms with Crippen molar-refractivity contribution >= 4 is 17.7 Å². The third-order valence-corrected chi connectivity index (χ3v) is 3.08. The molecule has 0 saturated heterocycles. The van der Waals surface area contributed by atoms with Crippen molar-refractivity contribution in [2.75, 3.05) is 12.9 Å². The van der Waals surface area contributed by atoms with Crippen molar-refractivity contribution in [2.45, 2.75) is 17.4 Å². The molecule has 1 aromatic carbocycles. The van der Waals surface area contributed by atoms with Gasteiger partial charge in [0.2, 0.25) is 0 Å². The van der Waals surface area contributed by atoms with E-state index in [4.69, 9.17) is 15.6 Å². The van der Waals surface area contributed by atoms with Crippen molar-refractivity contribution in [3.8, 4) is 5.75 Å². The molecule has 0 bridgehead atoms. The normalized spacial score (nSPS) is 12.1. The quantitative estimate of drug-likeness (QED) is 0.740. The number of benzene rings is 1. The topological polar surface area (TPSA) is 72.5 Å². The molecule has 88 valence electrons. The molecule has 4 nitrogen and oxygen atoms in total. The number of carboxylic acids is 1. The van der Waals surface area contributed by atoms with E-state index in [-0.39, 0.29) is 0 Å². The molecule has 0 radical (unpaired) electrons. The van der Waals surface area contributed by atoms with E-state index in [1.165, 1.54) is 0 Å². The fraction of sp³-hybridized carbons (Fsp3) is 0.364. The molecule has 3 N–H and O–H groups in total. The van der Waals surface area contributed by atoms with Gasteiger partial charge in [0.15, 0.2) is 0 Å². The molecule has 0 aliphatic rings. The molecular weight excluding hydrogens is 226 g/mol. The van der Waals surface area contributed by atoms with Crippen LogP contribution in [0.15, 0.2) is 29.2 Å². The van der Waals surface area contributed by atoms with Gasteiger partial charge in [-0.25, -0.2) is 0 Å². The van der Waals surface area contributed by atoms with Gasteiger partial charge in [0.05, 0.1) is 7.11 Å². The lowest BCUT2D eigenvalue weighted by Crippen LogP contribution is -2.30. The zero-order chi connectivity index (χ0) is 12.0. The highest BCUT2D eigenvalue weighted by atomic mass is 32.2. The van der Waals surface area contributed by atoms with Crippen LogP contribution < -0.4 is 10.5 Å². The van der Waals surface area contributed by atoms with Crippen LogP contribution in [0.25, 0.3) is 0 Å². The zero-order valence-corrected chi connectivity index (χ0v) is 9.87. The molecule has 0 aliphatic carbocycles. The van der Waals surface area contributed by atoms with Crippen molar-refractivity contribution in [2.24, 2.45) is 5.73 Å². The first-order valence-electron chi connectivity index (χ1n) is 4.88. The SMILES string of the molecule is COc1cccc(SCCC(N)C(=O)O)c1. The van der Waals surface area contributed by atoms with Crippen LogP contribution in [0.2, 0.25) is 0 Å². The predicted octanol–water partition coefficient (Wildman–Crippen LogP) is 1.59. The molecule has 0 aliphatic heterocycles. The van der Waals surface area contributed by atoms with Crippen molar-refractivity contribution in [1.82, 2.24) is 0 Å². The van der Waals surface area contributed by atoms with Crippen LogP contribution in [0.1, 0.15) is 6.42 Å². The Morgan fingerprint density at radius 1 is 1.62 bits per heavy atom. The van der Waals surface area contributed by atoms with E-state index in [0.717, 1.165) is 10.6 Å². The summed E-state index contributed by atoms with van der Waals surface area (Å²) in [5.41, 5.74) is 5.40. The molecule has 0 spiro atoms. The first-order chi connectivity index (χ1) is 7.63. The Morgan fingerprint density at radius 3 is 3.00 bits per heavy atom. The number of aliphatic carboxylic acids is 1. The summed E-state index contributed by atoms with van der Waals surface area (Å²) < 4.78 is 5.09. The summed E-state index contributed by atoms with van der Waals surface area (Å²) in [6.45, 7) is 0. The molecule has 1 atom stereocenters. The fourth-order valence-corrected chi connectivity index (χ4v) is 2.10. The number of carbonyl (C=O) groups is 1. The molecule has 1 unspecified atom stereocenters. The van der Waals surface area contributed by atoms with Crippen LogP contribution in [0.3, 0.4) is 0 Å². The van der Waals surface area contributed by atoms with Gasteiger partial charge in [-0.1, -0.05) is 6.07 Å². The van der Waals surface area contributed by atoms with Crippen LogP contribution >= 0.6 is 11.8 Å². The summed E-state index contributed by atoms with van der Waals surface area (Å²) in [5, 5.41) is 8.61. The second-order valence-corrected chi connectivity index (χ2v) is 4.43. The zero-order valence-electron chi connectivity index (χ0n) is 9.05. The van der Waals surface area contributed by atoms with Gasteiger partial charge < -0.3 is 15.6 Å². The number of ether oxygens (including phenoxy) is 1. The summed E-state index contributed by atoms with van der Waals surface area (Å²) in [7, 11) is 1.62. The number of hydrogen-bond acceptors (Lipinski definition) is 4. The molecular formula is C11H15NO3S. The minimum Gasteiger partial charge on any atom is -0.497 e. The second kappa shape index (κ2) is 6.40. The molecule has 1 rings (SSSR count). The van der Waals surface area contributed by atoms with Gasteiger partial charge in [0, 0.05) is 10.6 Å². The van der Waals surface area contributed by atoms with Crippen LogP contribution in [0, 0.1) is 0 Å². The second-order valence-electron chi connectivity index (χ2n) is 3.26. The minimum atomic E-state index is -0.953. The van der Waals surface area contributed by atoms with Gasteiger partial charge in [0.25, 0.3) is 0 Å². The predicted molar refractivity (Wildman–Crippen MR) is 63.9 cm³/mol. The van der Waals surface area contributed by atoms with E-state index in [9.17, 15) is 4.79 Å². The maximum atomic E-state index is 10.5. The Labute approximate surface area is 98.8 Å². The van der Waals surface area contributed by atoms with Gasteiger partial charge in [-0.15, -0.1) is 11.8 Å². The Morgan fingerprint density at radius 2 is 2.38 bits per heavy atom. The van der Waals surface area contributed by atoms with E-state index >= 15 is 0 Å². The Balaban J connectivity index is 2.39. The standard InChI is InChI=1S/C11H15NO3S/c1-15-8-3-2-4-9(7-8)16-6-5-10(12)11(13)14/h2-4,7,10H,5-6,12H2,1H3,(H,13,14). The molecule has 0 aromatic heterocycles. The van der Waals surface area contributed by atoms with Crippen LogP contribution in [0.5, 0.6) is 5.75 Å². The highest BCUT2D eigenvalue weighted by Crippen LogP contribution is 2.23. The number of nitrogens with two attached hydrogens (primary N) is 1. The summed E-state index contributed by atoms with van der Waals surface area (Å²) in [4.78, 5) is 11.5. The van der Waals surface area contributed by atoms with Gasteiger partial charge in [0.1, 0.15) is 11.8 Å². The average Bonchev–Trinajstić information content (AvgIpc) is 2.29. The summed E-state index contributed by atoms with van der Waals surface area (Å²) in [6, 6.07) is 6.86. The van der Waals surface area contributed by atoms with Crippen molar-refractivity contribution in [3.05, 3.63) is 24.3 Å². The summed E-state index contributed by atoms with van der Waals surface area (Å²) >= 11 is 1.57. The van der Waals surface area contributed by atoms with Crippen molar-refractivity contribution in [3.63, 3.8) is 0 Å². The highest BCUT2D eigenvalue weighted by molar-refractivity contribution is 7.99. The molecule has 1 aromatic rings. The first kappa shape index (κ1) is 12.9. The van der Waals surface area contributed by atoms with E-state index < -0.39 is 12.0 Å². The third kappa shape index (κ3) is 4.12. The monoisotopic (exact) mass is 241 g/mol. The number of hydrogen-bond donors (Lipinski definition) is 2. The summed E-state index contributed by atoms with van der Waals surface area (Å²) in [6.07, 6.45) is 0.456. The number of rotatable bonds is 6. The molecule has 0 fully saturated rings. The molecule has 0 heterocycles. The van der Waals surface area contributed by atoms with E-state index in [1.54, 1.807) is 18.9 Å². The smallest absolute Gasteiger partial charge is 0.320 e. The van der Waals surface area contributed by atoms with E-state index in [0.29, 0.717) is 12.2 Å². The van der Waals surface area contributed by atoms with Gasteiger partial charge in [-0.2, -0.15) is 0 Å². The van der Waals surface area contributed by atoms with Crippen LogP contribution in [-0.2, 0) is 4.79 Å². The first-order valence-corrected chi connectivity index (χ1v) is 5.87. The van der Waals surface area contributed by atoms with Crippen LogP contribution in [0.4, 0.5) is 0 Å².